The molecule has 21 heavy (non-hydrogen) atoms. The Bertz CT molecular complexity index is 593. The molecular weight excluding hydrogens is 256 g/mol. The molecule has 0 radical (unpaired) electrons. The lowest BCUT2D eigenvalue weighted by Gasteiger charge is -2.42. The van der Waals surface area contributed by atoms with Crippen molar-refractivity contribution in [3.05, 3.63) is 71.6 Å². The number of benzene rings is 1. The Labute approximate surface area is 127 Å². The summed E-state index contributed by atoms with van der Waals surface area (Å²) in [4.78, 5) is 2.39. The molecule has 3 rings (SSSR count). The molecule has 1 aromatic rings. The smallest absolute Gasteiger partial charge is 0.0400 e. The van der Waals surface area contributed by atoms with Gasteiger partial charge in [0.1, 0.15) is 0 Å². The van der Waals surface area contributed by atoms with E-state index in [1.807, 2.05) is 0 Å². The zero-order valence-corrected chi connectivity index (χ0v) is 13.0. The zero-order chi connectivity index (χ0) is 14.9. The van der Waals surface area contributed by atoms with Gasteiger partial charge in [0.15, 0.2) is 0 Å². The average Bonchev–Trinajstić information content (AvgIpc) is 2.46. The third-order valence-electron chi connectivity index (χ3n) is 4.27. The molecule has 0 aromatic heterocycles. The lowest BCUT2D eigenvalue weighted by molar-refractivity contribution is 0.246. The van der Waals surface area contributed by atoms with E-state index in [9.17, 15) is 0 Å². The SMILES string of the molecule is C=C1C=C2CNC(C)(C)CN2C=C1CCc1ccccc1. The highest BCUT2D eigenvalue weighted by atomic mass is 15.2. The zero-order valence-electron chi connectivity index (χ0n) is 13.0. The van der Waals surface area contributed by atoms with Crippen LogP contribution in [0.1, 0.15) is 25.8 Å². The first kappa shape index (κ1) is 14.2. The van der Waals surface area contributed by atoms with E-state index >= 15 is 0 Å². The number of aryl methyl sites for hydroxylation is 1. The van der Waals surface area contributed by atoms with Crippen LogP contribution < -0.4 is 5.32 Å². The van der Waals surface area contributed by atoms with E-state index in [4.69, 9.17) is 0 Å². The normalized spacial score (nSPS) is 20.7. The maximum atomic E-state index is 4.24. The minimum atomic E-state index is 0.164. The predicted molar refractivity (Wildman–Crippen MR) is 88.9 cm³/mol. The third kappa shape index (κ3) is 3.27. The van der Waals surface area contributed by atoms with Gasteiger partial charge in [-0.2, -0.15) is 0 Å². The van der Waals surface area contributed by atoms with Crippen molar-refractivity contribution in [3.8, 4) is 0 Å². The van der Waals surface area contributed by atoms with Crippen molar-refractivity contribution in [1.29, 1.82) is 0 Å². The Kier molecular flexibility index (Phi) is 3.73. The van der Waals surface area contributed by atoms with Crippen LogP contribution in [0.3, 0.4) is 0 Å². The maximum absolute atomic E-state index is 4.24. The van der Waals surface area contributed by atoms with Crippen LogP contribution in [0.4, 0.5) is 0 Å². The molecule has 2 aliphatic heterocycles. The van der Waals surface area contributed by atoms with Crippen LogP contribution >= 0.6 is 0 Å². The largest absolute Gasteiger partial charge is 0.348 e. The summed E-state index contributed by atoms with van der Waals surface area (Å²) < 4.78 is 0. The molecule has 0 aliphatic carbocycles. The van der Waals surface area contributed by atoms with Crippen LogP contribution in [0.25, 0.3) is 0 Å². The van der Waals surface area contributed by atoms with Crippen molar-refractivity contribution < 1.29 is 0 Å². The highest BCUT2D eigenvalue weighted by Crippen LogP contribution is 2.29. The molecule has 2 nitrogen and oxygen atoms in total. The van der Waals surface area contributed by atoms with Crippen molar-refractivity contribution >= 4 is 0 Å². The fraction of sp³-hybridized carbons (Fsp3) is 0.368. The van der Waals surface area contributed by atoms with Gasteiger partial charge in [-0.15, -0.1) is 0 Å². The Morgan fingerprint density at radius 3 is 2.71 bits per heavy atom. The van der Waals surface area contributed by atoms with E-state index in [0.29, 0.717) is 0 Å². The van der Waals surface area contributed by atoms with E-state index in [1.165, 1.54) is 22.4 Å². The molecule has 0 atom stereocenters. The minimum Gasteiger partial charge on any atom is -0.348 e. The van der Waals surface area contributed by atoms with E-state index in [0.717, 1.165) is 25.9 Å². The van der Waals surface area contributed by atoms with Crippen LogP contribution in [0.15, 0.2) is 66.0 Å². The number of hydrogen-bond acceptors (Lipinski definition) is 2. The van der Waals surface area contributed by atoms with Crippen molar-refractivity contribution in [2.75, 3.05) is 13.1 Å². The number of rotatable bonds is 3. The molecule has 0 spiro atoms. The molecule has 2 aliphatic rings. The van der Waals surface area contributed by atoms with Crippen LogP contribution in [0.5, 0.6) is 0 Å². The van der Waals surface area contributed by atoms with E-state index < -0.39 is 0 Å². The van der Waals surface area contributed by atoms with Crippen LogP contribution in [0, 0.1) is 0 Å². The van der Waals surface area contributed by atoms with Gasteiger partial charge in [-0.1, -0.05) is 36.9 Å². The molecule has 1 aromatic carbocycles. The molecular formula is C19H24N2. The minimum absolute atomic E-state index is 0.164. The maximum Gasteiger partial charge on any atom is 0.0400 e. The molecule has 1 N–H and O–H groups in total. The van der Waals surface area contributed by atoms with Gasteiger partial charge in [0.25, 0.3) is 0 Å². The molecule has 1 saturated heterocycles. The van der Waals surface area contributed by atoms with Crippen molar-refractivity contribution in [2.24, 2.45) is 0 Å². The average molecular weight is 280 g/mol. The Hall–Kier alpha value is -1.80. The molecule has 1 fully saturated rings. The summed E-state index contributed by atoms with van der Waals surface area (Å²) in [5.41, 5.74) is 5.42. The molecule has 2 heterocycles. The fourth-order valence-corrected chi connectivity index (χ4v) is 2.99. The Morgan fingerprint density at radius 1 is 1.19 bits per heavy atom. The first-order valence-electron chi connectivity index (χ1n) is 7.70. The van der Waals surface area contributed by atoms with Gasteiger partial charge in [-0.3, -0.25) is 0 Å². The molecule has 0 saturated carbocycles. The van der Waals surface area contributed by atoms with Gasteiger partial charge in [-0.25, -0.2) is 0 Å². The first-order valence-corrected chi connectivity index (χ1v) is 7.70. The summed E-state index contributed by atoms with van der Waals surface area (Å²) in [5.74, 6) is 0. The summed E-state index contributed by atoms with van der Waals surface area (Å²) in [7, 11) is 0. The number of nitrogens with one attached hydrogen (secondary N) is 1. The fourth-order valence-electron chi connectivity index (χ4n) is 2.99. The second-order valence-corrected chi connectivity index (χ2v) is 6.67. The Morgan fingerprint density at radius 2 is 1.95 bits per heavy atom. The summed E-state index contributed by atoms with van der Waals surface area (Å²) in [6.07, 6.45) is 6.67. The number of fused-ring (bicyclic) bond motifs is 1. The van der Waals surface area contributed by atoms with Gasteiger partial charge in [0.05, 0.1) is 0 Å². The molecule has 2 heteroatoms. The lowest BCUT2D eigenvalue weighted by Crippen LogP contribution is -2.54. The number of nitrogens with zero attached hydrogens (tertiary/aromatic N) is 1. The van der Waals surface area contributed by atoms with E-state index in [1.54, 1.807) is 0 Å². The molecule has 110 valence electrons. The highest BCUT2D eigenvalue weighted by molar-refractivity contribution is 5.44. The van der Waals surface area contributed by atoms with Gasteiger partial charge in [0.2, 0.25) is 0 Å². The monoisotopic (exact) mass is 280 g/mol. The van der Waals surface area contributed by atoms with Crippen molar-refractivity contribution in [2.45, 2.75) is 32.2 Å². The first-order chi connectivity index (χ1) is 10.0. The quantitative estimate of drug-likeness (QED) is 0.909. The third-order valence-corrected chi connectivity index (χ3v) is 4.27. The van der Waals surface area contributed by atoms with Crippen LogP contribution in [-0.2, 0) is 6.42 Å². The van der Waals surface area contributed by atoms with Crippen LogP contribution in [-0.4, -0.2) is 23.5 Å². The molecule has 0 amide bonds. The second-order valence-electron chi connectivity index (χ2n) is 6.67. The number of piperazine rings is 1. The van der Waals surface area contributed by atoms with Gasteiger partial charge in [-0.05, 0) is 49.5 Å². The Balaban J connectivity index is 1.71. The number of allylic oxidation sites excluding steroid dienone is 3. The molecule has 0 unspecified atom stereocenters. The van der Waals surface area contributed by atoms with Crippen molar-refractivity contribution in [1.82, 2.24) is 10.2 Å². The predicted octanol–water partition coefficient (Wildman–Crippen LogP) is 3.64. The highest BCUT2D eigenvalue weighted by Gasteiger charge is 2.29. The lowest BCUT2D eigenvalue weighted by atomic mass is 9.93. The van der Waals surface area contributed by atoms with E-state index in [2.05, 4.69) is 73.3 Å². The number of hydrogen-bond donors (Lipinski definition) is 1. The topological polar surface area (TPSA) is 15.3 Å². The second kappa shape index (κ2) is 5.53. The summed E-state index contributed by atoms with van der Waals surface area (Å²) in [5, 5.41) is 3.57. The molecule has 0 bridgehead atoms. The van der Waals surface area contributed by atoms with Gasteiger partial charge >= 0.3 is 0 Å². The summed E-state index contributed by atoms with van der Waals surface area (Å²) in [6.45, 7) is 10.7. The summed E-state index contributed by atoms with van der Waals surface area (Å²) >= 11 is 0. The van der Waals surface area contributed by atoms with Crippen molar-refractivity contribution in [3.63, 3.8) is 0 Å². The van der Waals surface area contributed by atoms with Crippen LogP contribution in [0.2, 0.25) is 0 Å². The van der Waals surface area contributed by atoms with E-state index in [-0.39, 0.29) is 5.54 Å². The van der Waals surface area contributed by atoms with Gasteiger partial charge < -0.3 is 10.2 Å². The standard InChI is InChI=1S/C19H24N2/c1-15-11-18-12-20-19(2,3)14-21(18)13-17(15)10-9-16-7-5-4-6-8-16/h4-8,11,13,20H,1,9-10,12,14H2,2-3H3. The van der Waals surface area contributed by atoms with Gasteiger partial charge in [0, 0.05) is 30.5 Å². The summed E-state index contributed by atoms with van der Waals surface area (Å²) in [6, 6.07) is 10.7.